The first-order valence-corrected chi connectivity index (χ1v) is 5.59. The van der Waals surface area contributed by atoms with E-state index in [-0.39, 0.29) is 18.1 Å². The van der Waals surface area contributed by atoms with E-state index >= 15 is 0 Å². The molecule has 0 aliphatic rings. The third-order valence-corrected chi connectivity index (χ3v) is 2.63. The van der Waals surface area contributed by atoms with Crippen molar-refractivity contribution in [2.45, 2.75) is 19.3 Å². The maximum atomic E-state index is 12.7. The Morgan fingerprint density at radius 3 is 2.55 bits per heavy atom. The summed E-state index contributed by atoms with van der Waals surface area (Å²) < 4.78 is 63.9. The third kappa shape index (κ3) is 3.06. The number of anilines is 1. The summed E-state index contributed by atoms with van der Waals surface area (Å²) >= 11 is 0. The molecule has 0 fully saturated rings. The normalized spacial score (nSPS) is 11.9. The zero-order valence-corrected chi connectivity index (χ0v) is 10.0. The van der Waals surface area contributed by atoms with Crippen LogP contribution >= 0.6 is 0 Å². The quantitative estimate of drug-likeness (QED) is 0.866. The van der Waals surface area contributed by atoms with Crippen molar-refractivity contribution in [2.75, 3.05) is 5.32 Å². The van der Waals surface area contributed by atoms with E-state index in [1.54, 1.807) is 0 Å². The van der Waals surface area contributed by atoms with Gasteiger partial charge in [-0.3, -0.25) is 4.57 Å². The molecule has 1 N–H and O–H groups in total. The van der Waals surface area contributed by atoms with E-state index in [4.69, 9.17) is 0 Å². The lowest BCUT2D eigenvalue weighted by Crippen LogP contribution is -2.13. The molecule has 2 aromatic rings. The van der Waals surface area contributed by atoms with Crippen LogP contribution in [0.5, 0.6) is 0 Å². The van der Waals surface area contributed by atoms with Gasteiger partial charge in [-0.1, -0.05) is 12.1 Å². The summed E-state index contributed by atoms with van der Waals surface area (Å²) in [6.07, 6.45) is -2.28. The molecule has 0 aliphatic carbocycles. The van der Waals surface area contributed by atoms with E-state index in [1.165, 1.54) is 24.4 Å². The Bertz CT molecular complexity index is 576. The molecule has 0 bridgehead atoms. The van der Waals surface area contributed by atoms with Crippen molar-refractivity contribution >= 4 is 5.69 Å². The van der Waals surface area contributed by atoms with Crippen molar-refractivity contribution in [1.29, 1.82) is 0 Å². The van der Waals surface area contributed by atoms with Crippen LogP contribution in [0.2, 0.25) is 0 Å². The van der Waals surface area contributed by atoms with Gasteiger partial charge in [-0.2, -0.15) is 22.0 Å². The molecule has 0 unspecified atom stereocenters. The van der Waals surface area contributed by atoms with E-state index in [0.29, 0.717) is 4.57 Å². The molecule has 3 nitrogen and oxygen atoms in total. The van der Waals surface area contributed by atoms with Gasteiger partial charge in [0, 0.05) is 18.1 Å². The number of aromatic nitrogens is 2. The number of alkyl halides is 5. The first kappa shape index (κ1) is 14.3. The second-order valence-electron chi connectivity index (χ2n) is 3.93. The van der Waals surface area contributed by atoms with Crippen molar-refractivity contribution in [3.05, 3.63) is 48.0 Å². The van der Waals surface area contributed by atoms with Crippen LogP contribution in [0.15, 0.2) is 36.7 Å². The predicted octanol–water partition coefficient (Wildman–Crippen LogP) is 3.91. The molecule has 1 aromatic heterocycles. The fourth-order valence-electron chi connectivity index (χ4n) is 1.72. The lowest BCUT2D eigenvalue weighted by Gasteiger charge is -2.14. The van der Waals surface area contributed by atoms with Crippen molar-refractivity contribution in [2.24, 2.45) is 0 Å². The van der Waals surface area contributed by atoms with Crippen molar-refractivity contribution in [1.82, 2.24) is 9.55 Å². The smallest absolute Gasteiger partial charge is 0.377 e. The molecule has 0 amide bonds. The summed E-state index contributed by atoms with van der Waals surface area (Å²) in [4.78, 5) is 3.68. The summed E-state index contributed by atoms with van der Waals surface area (Å²) in [5.41, 5.74) is -1.03. The van der Waals surface area contributed by atoms with Crippen molar-refractivity contribution < 1.29 is 22.0 Å². The van der Waals surface area contributed by atoms with Gasteiger partial charge in [-0.05, 0) is 12.1 Å². The molecular formula is C12H10F5N3. The molecule has 1 aromatic carbocycles. The van der Waals surface area contributed by atoms with Gasteiger partial charge >= 0.3 is 12.7 Å². The number of para-hydroxylation sites is 1. The van der Waals surface area contributed by atoms with Crippen molar-refractivity contribution in [3.8, 4) is 0 Å². The summed E-state index contributed by atoms with van der Waals surface area (Å²) in [5.74, 6) is -0.0445. The minimum absolute atomic E-state index is 0.0445. The number of hydrogen-bond donors (Lipinski definition) is 1. The van der Waals surface area contributed by atoms with E-state index in [1.807, 2.05) is 0 Å². The van der Waals surface area contributed by atoms with E-state index in [9.17, 15) is 22.0 Å². The Labute approximate surface area is 111 Å². The molecule has 108 valence electrons. The van der Waals surface area contributed by atoms with Crippen LogP contribution in [-0.4, -0.2) is 9.55 Å². The average molecular weight is 291 g/mol. The molecule has 0 saturated heterocycles. The van der Waals surface area contributed by atoms with Crippen LogP contribution in [0.25, 0.3) is 0 Å². The molecular weight excluding hydrogens is 281 g/mol. The highest BCUT2D eigenvalue weighted by Crippen LogP contribution is 2.34. The molecule has 0 saturated carbocycles. The van der Waals surface area contributed by atoms with Gasteiger partial charge in [0.15, 0.2) is 0 Å². The van der Waals surface area contributed by atoms with Crippen LogP contribution in [-0.2, 0) is 12.7 Å². The molecule has 2 rings (SSSR count). The molecule has 0 atom stereocenters. The fourth-order valence-corrected chi connectivity index (χ4v) is 1.72. The topological polar surface area (TPSA) is 29.9 Å². The largest absolute Gasteiger partial charge is 0.418 e. The summed E-state index contributed by atoms with van der Waals surface area (Å²) in [6, 6.07) is 4.84. The van der Waals surface area contributed by atoms with E-state index < -0.39 is 18.3 Å². The SMILES string of the molecule is FC(F)n1ccnc1CNc1ccccc1C(F)(F)F. The number of benzene rings is 1. The maximum absolute atomic E-state index is 12.7. The third-order valence-electron chi connectivity index (χ3n) is 2.63. The number of nitrogens with one attached hydrogen (secondary N) is 1. The van der Waals surface area contributed by atoms with Crippen LogP contribution in [0.4, 0.5) is 27.6 Å². The van der Waals surface area contributed by atoms with Gasteiger partial charge in [0.1, 0.15) is 5.82 Å². The second kappa shape index (κ2) is 5.48. The van der Waals surface area contributed by atoms with Crippen LogP contribution < -0.4 is 5.32 Å². The Morgan fingerprint density at radius 1 is 1.20 bits per heavy atom. The van der Waals surface area contributed by atoms with E-state index in [0.717, 1.165) is 12.3 Å². The number of halogens is 5. The van der Waals surface area contributed by atoms with Crippen molar-refractivity contribution in [3.63, 3.8) is 0 Å². The Kier molecular flexibility index (Phi) is 3.91. The number of nitrogens with zero attached hydrogens (tertiary/aromatic N) is 2. The number of hydrogen-bond acceptors (Lipinski definition) is 2. The highest BCUT2D eigenvalue weighted by molar-refractivity contribution is 5.52. The first-order chi connectivity index (χ1) is 9.39. The lowest BCUT2D eigenvalue weighted by molar-refractivity contribution is -0.137. The van der Waals surface area contributed by atoms with E-state index in [2.05, 4.69) is 10.3 Å². The van der Waals surface area contributed by atoms with Gasteiger partial charge in [-0.25, -0.2) is 4.98 Å². The second-order valence-corrected chi connectivity index (χ2v) is 3.93. The zero-order valence-electron chi connectivity index (χ0n) is 10.0. The van der Waals surface area contributed by atoms with Gasteiger partial charge in [0.2, 0.25) is 0 Å². The van der Waals surface area contributed by atoms with Gasteiger partial charge in [-0.15, -0.1) is 0 Å². The number of rotatable bonds is 4. The molecule has 8 heteroatoms. The van der Waals surface area contributed by atoms with Crippen LogP contribution in [0, 0.1) is 0 Å². The molecule has 20 heavy (non-hydrogen) atoms. The molecule has 0 radical (unpaired) electrons. The summed E-state index contributed by atoms with van der Waals surface area (Å²) in [5, 5.41) is 2.48. The molecule has 1 heterocycles. The average Bonchev–Trinajstić information content (AvgIpc) is 2.84. The summed E-state index contributed by atoms with van der Waals surface area (Å²) in [7, 11) is 0. The van der Waals surface area contributed by atoms with Gasteiger partial charge in [0.25, 0.3) is 0 Å². The van der Waals surface area contributed by atoms with Gasteiger partial charge in [0.05, 0.1) is 12.1 Å². The lowest BCUT2D eigenvalue weighted by atomic mass is 10.1. The minimum atomic E-state index is -4.51. The maximum Gasteiger partial charge on any atom is 0.418 e. The zero-order chi connectivity index (χ0) is 14.8. The fraction of sp³-hybridized carbons (Fsp3) is 0.250. The highest BCUT2D eigenvalue weighted by atomic mass is 19.4. The standard InChI is InChI=1S/C12H10F5N3/c13-11(14)20-6-5-18-10(20)7-19-9-4-2-1-3-8(9)12(15,16)17/h1-6,11,19H,7H2. The predicted molar refractivity (Wildman–Crippen MR) is 62.3 cm³/mol. The first-order valence-electron chi connectivity index (χ1n) is 5.59. The minimum Gasteiger partial charge on any atom is -0.377 e. The molecule has 0 aliphatic heterocycles. The Balaban J connectivity index is 2.18. The van der Waals surface area contributed by atoms with Crippen LogP contribution in [0.1, 0.15) is 17.9 Å². The van der Waals surface area contributed by atoms with Gasteiger partial charge < -0.3 is 5.32 Å². The number of imidazole rings is 1. The Morgan fingerprint density at radius 2 is 1.90 bits per heavy atom. The van der Waals surface area contributed by atoms with Crippen LogP contribution in [0.3, 0.4) is 0 Å². The molecule has 0 spiro atoms. The monoisotopic (exact) mass is 291 g/mol. The highest BCUT2D eigenvalue weighted by Gasteiger charge is 2.33. The Hall–Kier alpha value is -2.12. The summed E-state index contributed by atoms with van der Waals surface area (Å²) in [6.45, 7) is -3.02.